The smallest absolute Gasteiger partial charge is 0.00612 e. The molecule has 0 nitrogen and oxygen atoms in total. The first-order valence-electron chi connectivity index (χ1n) is 6.48. The van der Waals surface area contributed by atoms with E-state index in [4.69, 9.17) is 0 Å². The zero-order valence-electron chi connectivity index (χ0n) is 10.5. The fourth-order valence-electron chi connectivity index (χ4n) is 2.46. The number of aryl methyl sites for hydroxylation is 1. The summed E-state index contributed by atoms with van der Waals surface area (Å²) >= 11 is 0. The van der Waals surface area contributed by atoms with E-state index in [2.05, 4.69) is 56.3 Å². The summed E-state index contributed by atoms with van der Waals surface area (Å²) in [6.45, 7) is 4.52. The van der Waals surface area contributed by atoms with Crippen molar-refractivity contribution in [2.75, 3.05) is 0 Å². The second-order valence-corrected chi connectivity index (χ2v) is 5.03. The van der Waals surface area contributed by atoms with E-state index in [1.807, 2.05) is 0 Å². The molecule has 0 spiro atoms. The maximum absolute atomic E-state index is 2.37. The van der Waals surface area contributed by atoms with Gasteiger partial charge in [0.2, 0.25) is 0 Å². The maximum atomic E-state index is 2.37. The highest BCUT2D eigenvalue weighted by Gasteiger charge is 2.18. The molecule has 0 radical (unpaired) electrons. The van der Waals surface area contributed by atoms with Crippen molar-refractivity contribution in [3.8, 4) is 0 Å². The Morgan fingerprint density at radius 2 is 1.82 bits per heavy atom. The molecule has 1 aliphatic rings. The van der Waals surface area contributed by atoms with Crippen molar-refractivity contribution in [1.29, 1.82) is 0 Å². The zero-order chi connectivity index (χ0) is 11.8. The van der Waals surface area contributed by atoms with Gasteiger partial charge < -0.3 is 0 Å². The van der Waals surface area contributed by atoms with Crippen LogP contribution in [0, 0.1) is 0 Å². The largest absolute Gasteiger partial charge is 0.0617 e. The van der Waals surface area contributed by atoms with Crippen LogP contribution in [0.25, 0.3) is 0 Å². The molecule has 2 aromatic rings. The van der Waals surface area contributed by atoms with Crippen LogP contribution in [0.1, 0.15) is 47.6 Å². The minimum absolute atomic E-state index is 0.507. The van der Waals surface area contributed by atoms with Crippen molar-refractivity contribution >= 4 is 0 Å². The first-order valence-corrected chi connectivity index (χ1v) is 6.48. The minimum atomic E-state index is 0.507. The molecule has 1 aliphatic carbocycles. The van der Waals surface area contributed by atoms with Crippen molar-refractivity contribution in [2.24, 2.45) is 0 Å². The van der Waals surface area contributed by atoms with Gasteiger partial charge in [-0.25, -0.2) is 0 Å². The van der Waals surface area contributed by atoms with Crippen LogP contribution in [0.15, 0.2) is 42.5 Å². The van der Waals surface area contributed by atoms with Crippen LogP contribution in [0.5, 0.6) is 0 Å². The van der Waals surface area contributed by atoms with E-state index in [0.717, 1.165) is 6.42 Å². The summed E-state index contributed by atoms with van der Waals surface area (Å²) in [5, 5.41) is 0. The predicted molar refractivity (Wildman–Crippen MR) is 72.6 cm³/mol. The molecule has 0 amide bonds. The van der Waals surface area contributed by atoms with Crippen molar-refractivity contribution in [1.82, 2.24) is 0 Å². The van der Waals surface area contributed by atoms with Gasteiger partial charge in [-0.15, -0.1) is 0 Å². The molecule has 17 heavy (non-hydrogen) atoms. The molecule has 0 heteroatoms. The lowest BCUT2D eigenvalue weighted by Crippen LogP contribution is -1.96. The molecule has 1 unspecified atom stereocenters. The van der Waals surface area contributed by atoms with Crippen molar-refractivity contribution in [2.45, 2.75) is 32.6 Å². The molecule has 3 rings (SSSR count). The lowest BCUT2D eigenvalue weighted by Gasteiger charge is -2.13. The van der Waals surface area contributed by atoms with Crippen LogP contribution < -0.4 is 0 Å². The highest BCUT2D eigenvalue weighted by molar-refractivity contribution is 5.49. The van der Waals surface area contributed by atoms with Gasteiger partial charge in [-0.3, -0.25) is 0 Å². The lowest BCUT2D eigenvalue weighted by molar-refractivity contribution is 0.916. The number of benzene rings is 2. The summed E-state index contributed by atoms with van der Waals surface area (Å²) in [5.74, 6) is 0.507. The van der Waals surface area contributed by atoms with Gasteiger partial charge >= 0.3 is 0 Å². The Bertz CT molecular complexity index is 552. The fraction of sp³-hybridized carbons (Fsp3) is 0.294. The van der Waals surface area contributed by atoms with Crippen molar-refractivity contribution in [3.05, 3.63) is 70.3 Å². The molecule has 0 saturated heterocycles. The predicted octanol–water partition coefficient (Wildman–Crippen LogP) is 4.31. The molecule has 2 aromatic carbocycles. The SMILES string of the molecule is CCc1cccc(C(C)c2ccc3c(c2)C3)c1. The number of hydrogen-bond donors (Lipinski definition) is 0. The molecule has 0 bridgehead atoms. The van der Waals surface area contributed by atoms with E-state index >= 15 is 0 Å². The van der Waals surface area contributed by atoms with E-state index in [1.165, 1.54) is 28.7 Å². The zero-order valence-corrected chi connectivity index (χ0v) is 10.5. The fourth-order valence-corrected chi connectivity index (χ4v) is 2.46. The second-order valence-electron chi connectivity index (χ2n) is 5.03. The van der Waals surface area contributed by atoms with E-state index < -0.39 is 0 Å². The molecular weight excluding hydrogens is 204 g/mol. The highest BCUT2D eigenvalue weighted by atomic mass is 14.2. The maximum Gasteiger partial charge on any atom is 0.00612 e. The molecule has 0 fully saturated rings. The van der Waals surface area contributed by atoms with Crippen LogP contribution >= 0.6 is 0 Å². The average Bonchev–Trinajstić information content (AvgIpc) is 3.16. The Kier molecular flexibility index (Phi) is 2.51. The van der Waals surface area contributed by atoms with Gasteiger partial charge in [-0.2, -0.15) is 0 Å². The van der Waals surface area contributed by atoms with Crippen LogP contribution in [0.4, 0.5) is 0 Å². The van der Waals surface area contributed by atoms with Gasteiger partial charge in [0.25, 0.3) is 0 Å². The van der Waals surface area contributed by atoms with Gasteiger partial charge in [-0.1, -0.05) is 56.3 Å². The van der Waals surface area contributed by atoms with E-state index in [9.17, 15) is 0 Å². The van der Waals surface area contributed by atoms with E-state index in [1.54, 1.807) is 5.56 Å². The van der Waals surface area contributed by atoms with Crippen molar-refractivity contribution in [3.63, 3.8) is 0 Å². The molecule has 0 aliphatic heterocycles. The first-order chi connectivity index (χ1) is 8.28. The third-order valence-electron chi connectivity index (χ3n) is 3.85. The van der Waals surface area contributed by atoms with Crippen molar-refractivity contribution < 1.29 is 0 Å². The summed E-state index contributed by atoms with van der Waals surface area (Å²) in [7, 11) is 0. The molecule has 0 heterocycles. The summed E-state index contributed by atoms with van der Waals surface area (Å²) in [4.78, 5) is 0. The third-order valence-corrected chi connectivity index (χ3v) is 3.85. The summed E-state index contributed by atoms with van der Waals surface area (Å²) in [6.07, 6.45) is 2.33. The minimum Gasteiger partial charge on any atom is -0.0617 e. The van der Waals surface area contributed by atoms with Crippen LogP contribution in [0.2, 0.25) is 0 Å². The lowest BCUT2D eigenvalue weighted by atomic mass is 9.92. The average molecular weight is 222 g/mol. The van der Waals surface area contributed by atoms with Crippen LogP contribution in [0.3, 0.4) is 0 Å². The molecule has 0 N–H and O–H groups in total. The molecule has 86 valence electrons. The second kappa shape index (κ2) is 4.03. The third kappa shape index (κ3) is 2.00. The first kappa shape index (κ1) is 10.6. The van der Waals surface area contributed by atoms with E-state index in [-0.39, 0.29) is 0 Å². The Labute approximate surface area is 103 Å². The number of hydrogen-bond acceptors (Lipinski definition) is 0. The van der Waals surface area contributed by atoms with Gasteiger partial charge in [0, 0.05) is 5.92 Å². The van der Waals surface area contributed by atoms with Gasteiger partial charge in [0.15, 0.2) is 0 Å². The Morgan fingerprint density at radius 3 is 2.59 bits per heavy atom. The molecule has 0 aromatic heterocycles. The summed E-state index contributed by atoms with van der Waals surface area (Å²) < 4.78 is 0. The topological polar surface area (TPSA) is 0 Å². The quantitative estimate of drug-likeness (QED) is 0.619. The Balaban J connectivity index is 1.92. The van der Waals surface area contributed by atoms with Gasteiger partial charge in [0.05, 0.1) is 0 Å². The summed E-state index contributed by atoms with van der Waals surface area (Å²) in [6, 6.07) is 15.9. The molecular formula is C17H18. The van der Waals surface area contributed by atoms with Gasteiger partial charge in [-0.05, 0) is 40.7 Å². The number of fused-ring (bicyclic) bond motifs is 1. The van der Waals surface area contributed by atoms with Crippen LogP contribution in [-0.2, 0) is 12.8 Å². The monoisotopic (exact) mass is 222 g/mol. The highest BCUT2D eigenvalue weighted by Crippen LogP contribution is 2.33. The number of rotatable bonds is 3. The Hall–Kier alpha value is -1.56. The Morgan fingerprint density at radius 1 is 1.00 bits per heavy atom. The molecule has 0 saturated carbocycles. The standard InChI is InChI=1S/C17H18/c1-3-13-5-4-6-14(9-13)12(2)15-7-8-16-11-17(16)10-15/h4-10,12H,3,11H2,1-2H3. The normalized spacial score (nSPS) is 14.2. The van der Waals surface area contributed by atoms with Crippen LogP contribution in [-0.4, -0.2) is 0 Å². The molecule has 1 atom stereocenters. The summed E-state index contributed by atoms with van der Waals surface area (Å²) in [5.41, 5.74) is 7.39. The van der Waals surface area contributed by atoms with Gasteiger partial charge in [0.1, 0.15) is 0 Å². The van der Waals surface area contributed by atoms with E-state index in [0.29, 0.717) is 5.92 Å².